The minimum atomic E-state index is -0.347. The number of primary amides is 1. The molecule has 4 N–H and O–H groups in total. The standard InChI is InChI=1S/C10H17N3O2S/c1-6-2-3-7(10(12)15)5-13(6)9(14)4-8(11)16/h6-7H,2-5H2,1H3,(H2,11,16)(H2,12,15). The monoisotopic (exact) mass is 243 g/mol. The molecule has 1 heterocycles. The fourth-order valence-electron chi connectivity index (χ4n) is 1.94. The zero-order chi connectivity index (χ0) is 12.3. The third kappa shape index (κ3) is 3.16. The van der Waals surface area contributed by atoms with Gasteiger partial charge in [0.15, 0.2) is 0 Å². The van der Waals surface area contributed by atoms with Crippen molar-refractivity contribution in [2.45, 2.75) is 32.2 Å². The second-order valence-corrected chi connectivity index (χ2v) is 4.74. The highest BCUT2D eigenvalue weighted by Gasteiger charge is 2.31. The Morgan fingerprint density at radius 1 is 1.38 bits per heavy atom. The third-order valence-electron chi connectivity index (χ3n) is 2.93. The van der Waals surface area contributed by atoms with E-state index in [4.69, 9.17) is 23.7 Å². The van der Waals surface area contributed by atoms with Crippen LogP contribution in [-0.4, -0.2) is 34.3 Å². The fraction of sp³-hybridized carbons (Fsp3) is 0.700. The lowest BCUT2D eigenvalue weighted by Crippen LogP contribution is -2.49. The zero-order valence-electron chi connectivity index (χ0n) is 9.31. The maximum atomic E-state index is 11.8. The molecule has 16 heavy (non-hydrogen) atoms. The van der Waals surface area contributed by atoms with E-state index in [9.17, 15) is 9.59 Å². The van der Waals surface area contributed by atoms with Gasteiger partial charge in [0, 0.05) is 12.6 Å². The molecule has 0 aromatic heterocycles. The Bertz CT molecular complexity index is 319. The van der Waals surface area contributed by atoms with Crippen molar-refractivity contribution in [1.82, 2.24) is 4.90 Å². The van der Waals surface area contributed by atoms with Gasteiger partial charge in [0.05, 0.1) is 17.3 Å². The van der Waals surface area contributed by atoms with Gasteiger partial charge in [-0.05, 0) is 19.8 Å². The molecule has 0 bridgehead atoms. The molecule has 0 aliphatic carbocycles. The van der Waals surface area contributed by atoms with Crippen molar-refractivity contribution in [1.29, 1.82) is 0 Å². The molecular weight excluding hydrogens is 226 g/mol. The number of likely N-dealkylation sites (tertiary alicyclic amines) is 1. The molecule has 90 valence electrons. The summed E-state index contributed by atoms with van der Waals surface area (Å²) in [7, 11) is 0. The van der Waals surface area contributed by atoms with Gasteiger partial charge in [-0.2, -0.15) is 0 Å². The highest BCUT2D eigenvalue weighted by Crippen LogP contribution is 2.22. The molecule has 0 saturated carbocycles. The van der Waals surface area contributed by atoms with Crippen molar-refractivity contribution < 1.29 is 9.59 Å². The number of carbonyl (C=O) groups is 2. The zero-order valence-corrected chi connectivity index (χ0v) is 10.1. The summed E-state index contributed by atoms with van der Waals surface area (Å²) in [6.07, 6.45) is 1.59. The van der Waals surface area contributed by atoms with Crippen molar-refractivity contribution in [3.63, 3.8) is 0 Å². The van der Waals surface area contributed by atoms with Crippen LogP contribution in [-0.2, 0) is 9.59 Å². The van der Waals surface area contributed by atoms with Crippen LogP contribution in [0.15, 0.2) is 0 Å². The second kappa shape index (κ2) is 5.25. The Morgan fingerprint density at radius 3 is 2.50 bits per heavy atom. The Hall–Kier alpha value is -1.17. The van der Waals surface area contributed by atoms with E-state index in [0.29, 0.717) is 6.54 Å². The number of carbonyl (C=O) groups excluding carboxylic acids is 2. The highest BCUT2D eigenvalue weighted by atomic mass is 32.1. The van der Waals surface area contributed by atoms with E-state index >= 15 is 0 Å². The van der Waals surface area contributed by atoms with E-state index in [1.807, 2.05) is 6.92 Å². The molecule has 1 aliphatic rings. The minimum absolute atomic E-state index is 0.0607. The van der Waals surface area contributed by atoms with Gasteiger partial charge in [0.2, 0.25) is 11.8 Å². The van der Waals surface area contributed by atoms with Gasteiger partial charge in [-0.25, -0.2) is 0 Å². The number of rotatable bonds is 3. The van der Waals surface area contributed by atoms with Crippen LogP contribution in [0, 0.1) is 5.92 Å². The molecule has 6 heteroatoms. The summed E-state index contributed by atoms with van der Waals surface area (Å²) in [5.41, 5.74) is 10.6. The Morgan fingerprint density at radius 2 is 2.00 bits per heavy atom. The van der Waals surface area contributed by atoms with Crippen LogP contribution < -0.4 is 11.5 Å². The van der Waals surface area contributed by atoms with Crippen LogP contribution >= 0.6 is 12.2 Å². The Balaban J connectivity index is 2.65. The smallest absolute Gasteiger partial charge is 0.229 e. The molecule has 0 aromatic rings. The predicted octanol–water partition coefficient (Wildman–Crippen LogP) is -0.225. The molecule has 0 spiro atoms. The van der Waals surface area contributed by atoms with Gasteiger partial charge in [-0.3, -0.25) is 9.59 Å². The van der Waals surface area contributed by atoms with E-state index in [-0.39, 0.29) is 35.2 Å². The van der Waals surface area contributed by atoms with Crippen molar-refractivity contribution >= 4 is 29.0 Å². The number of hydrogen-bond donors (Lipinski definition) is 2. The van der Waals surface area contributed by atoms with E-state index in [2.05, 4.69) is 0 Å². The van der Waals surface area contributed by atoms with Gasteiger partial charge >= 0.3 is 0 Å². The molecule has 1 rings (SSSR count). The van der Waals surface area contributed by atoms with Crippen LogP contribution in [0.4, 0.5) is 0 Å². The lowest BCUT2D eigenvalue weighted by molar-refractivity contribution is -0.136. The van der Waals surface area contributed by atoms with Crippen molar-refractivity contribution in [3.05, 3.63) is 0 Å². The van der Waals surface area contributed by atoms with Crippen molar-refractivity contribution in [3.8, 4) is 0 Å². The first-order valence-corrected chi connectivity index (χ1v) is 5.69. The Labute approximate surface area is 100 Å². The van der Waals surface area contributed by atoms with Crippen LogP contribution in [0.3, 0.4) is 0 Å². The topological polar surface area (TPSA) is 89.4 Å². The quantitative estimate of drug-likeness (QED) is 0.670. The molecule has 2 amide bonds. The molecule has 2 atom stereocenters. The van der Waals surface area contributed by atoms with Crippen molar-refractivity contribution in [2.24, 2.45) is 17.4 Å². The minimum Gasteiger partial charge on any atom is -0.393 e. The first-order chi connectivity index (χ1) is 7.41. The molecule has 0 radical (unpaired) electrons. The normalized spacial score (nSPS) is 25.2. The number of nitrogens with zero attached hydrogens (tertiary/aromatic N) is 1. The van der Waals surface area contributed by atoms with Gasteiger partial charge < -0.3 is 16.4 Å². The average molecular weight is 243 g/mol. The number of nitrogens with two attached hydrogens (primary N) is 2. The third-order valence-corrected chi connectivity index (χ3v) is 3.07. The SMILES string of the molecule is CC1CCC(C(N)=O)CN1C(=O)CC(N)=S. The van der Waals surface area contributed by atoms with Gasteiger partial charge in [-0.1, -0.05) is 12.2 Å². The maximum Gasteiger partial charge on any atom is 0.229 e. The maximum absolute atomic E-state index is 11.8. The van der Waals surface area contributed by atoms with Gasteiger partial charge in [0.25, 0.3) is 0 Å². The molecule has 0 aromatic carbocycles. The fourth-order valence-corrected chi connectivity index (χ4v) is 2.06. The number of hydrogen-bond acceptors (Lipinski definition) is 3. The summed E-state index contributed by atoms with van der Waals surface area (Å²) in [6.45, 7) is 2.34. The summed E-state index contributed by atoms with van der Waals surface area (Å²) >= 11 is 4.70. The average Bonchev–Trinajstić information content (AvgIpc) is 2.16. The molecular formula is C10H17N3O2S. The van der Waals surface area contributed by atoms with Crippen LogP contribution in [0.5, 0.6) is 0 Å². The van der Waals surface area contributed by atoms with Crippen LogP contribution in [0.25, 0.3) is 0 Å². The molecule has 2 unspecified atom stereocenters. The molecule has 5 nitrogen and oxygen atoms in total. The second-order valence-electron chi connectivity index (χ2n) is 4.21. The van der Waals surface area contributed by atoms with Gasteiger partial charge in [-0.15, -0.1) is 0 Å². The number of thiocarbonyl (C=S) groups is 1. The lowest BCUT2D eigenvalue weighted by atomic mass is 9.92. The van der Waals surface area contributed by atoms with Crippen LogP contribution in [0.2, 0.25) is 0 Å². The lowest BCUT2D eigenvalue weighted by Gasteiger charge is -2.36. The first-order valence-electron chi connectivity index (χ1n) is 5.29. The number of piperidine rings is 1. The Kier molecular flexibility index (Phi) is 4.23. The van der Waals surface area contributed by atoms with Crippen molar-refractivity contribution in [2.75, 3.05) is 6.54 Å². The first kappa shape index (κ1) is 12.9. The largest absolute Gasteiger partial charge is 0.393 e. The molecule has 1 saturated heterocycles. The number of amides is 2. The molecule has 1 aliphatic heterocycles. The van der Waals surface area contributed by atoms with Crippen LogP contribution in [0.1, 0.15) is 26.2 Å². The highest BCUT2D eigenvalue weighted by molar-refractivity contribution is 7.80. The van der Waals surface area contributed by atoms with E-state index in [1.54, 1.807) is 4.90 Å². The van der Waals surface area contributed by atoms with E-state index in [0.717, 1.165) is 12.8 Å². The molecule has 1 fully saturated rings. The summed E-state index contributed by atoms with van der Waals surface area (Å²) in [4.78, 5) is 24.7. The van der Waals surface area contributed by atoms with E-state index < -0.39 is 0 Å². The predicted molar refractivity (Wildman–Crippen MR) is 64.5 cm³/mol. The summed E-state index contributed by atoms with van der Waals surface area (Å²) < 4.78 is 0. The van der Waals surface area contributed by atoms with Gasteiger partial charge in [0.1, 0.15) is 0 Å². The summed E-state index contributed by atoms with van der Waals surface area (Å²) in [6, 6.07) is 0.123. The summed E-state index contributed by atoms with van der Waals surface area (Å²) in [5, 5.41) is 0. The van der Waals surface area contributed by atoms with E-state index in [1.165, 1.54) is 0 Å². The summed E-state index contributed by atoms with van der Waals surface area (Å²) in [5.74, 6) is -0.711.